The summed E-state index contributed by atoms with van der Waals surface area (Å²) in [5.41, 5.74) is 3.74. The molecule has 1 amide bonds. The number of hydrogen-bond acceptors (Lipinski definition) is 6. The van der Waals surface area contributed by atoms with Crippen LogP contribution in [0.3, 0.4) is 0 Å². The minimum Gasteiger partial charge on any atom is -0.507 e. The molecule has 0 aromatic heterocycles. The Morgan fingerprint density at radius 1 is 0.811 bits per heavy atom. The highest BCUT2D eigenvalue weighted by Gasteiger charge is 2.47. The number of amides is 1. The first-order valence-electron chi connectivity index (χ1n) is 12.2. The van der Waals surface area contributed by atoms with Crippen LogP contribution in [0, 0.1) is 0 Å². The van der Waals surface area contributed by atoms with Crippen molar-refractivity contribution in [2.45, 2.75) is 26.0 Å². The minimum atomic E-state index is -0.784. The van der Waals surface area contributed by atoms with E-state index in [1.165, 1.54) is 4.90 Å². The van der Waals surface area contributed by atoms with Crippen LogP contribution in [0.2, 0.25) is 0 Å². The van der Waals surface area contributed by atoms with Gasteiger partial charge >= 0.3 is 0 Å². The van der Waals surface area contributed by atoms with Gasteiger partial charge in [0.15, 0.2) is 0 Å². The Balaban J connectivity index is 1.85. The number of Topliss-reactive ketones (excluding diaryl/α,β-unsaturated/α-hetero) is 1. The number of hydrogen-bond donors (Lipinski definition) is 1. The molecule has 1 heterocycles. The molecule has 0 spiro atoms. The molecule has 3 aromatic rings. The van der Waals surface area contributed by atoms with Gasteiger partial charge in [-0.25, -0.2) is 0 Å². The van der Waals surface area contributed by atoms with E-state index in [1.54, 1.807) is 24.3 Å². The summed E-state index contributed by atoms with van der Waals surface area (Å²) >= 11 is 0. The zero-order valence-corrected chi connectivity index (χ0v) is 22.1. The summed E-state index contributed by atoms with van der Waals surface area (Å²) in [6.07, 6.45) is 0.00814. The van der Waals surface area contributed by atoms with E-state index in [0.29, 0.717) is 17.0 Å². The van der Waals surface area contributed by atoms with Crippen molar-refractivity contribution in [1.29, 1.82) is 0 Å². The molecule has 37 heavy (non-hydrogen) atoms. The highest BCUT2D eigenvalue weighted by atomic mass is 16.5. The number of aliphatic hydroxyl groups excluding tert-OH is 1. The van der Waals surface area contributed by atoms with Crippen LogP contribution >= 0.6 is 0 Å². The van der Waals surface area contributed by atoms with Crippen LogP contribution < -0.4 is 19.4 Å². The van der Waals surface area contributed by atoms with E-state index in [2.05, 4.69) is 0 Å². The number of ketones is 1. The summed E-state index contributed by atoms with van der Waals surface area (Å²) < 4.78 is 5.70. The highest BCUT2D eigenvalue weighted by Crippen LogP contribution is 2.42. The van der Waals surface area contributed by atoms with E-state index in [1.807, 2.05) is 100 Å². The van der Waals surface area contributed by atoms with Crippen LogP contribution in [0.5, 0.6) is 5.75 Å². The summed E-state index contributed by atoms with van der Waals surface area (Å²) in [6, 6.07) is 21.2. The third-order valence-corrected chi connectivity index (χ3v) is 6.31. The van der Waals surface area contributed by atoms with Gasteiger partial charge in [0.2, 0.25) is 0 Å². The van der Waals surface area contributed by atoms with Crippen LogP contribution in [-0.4, -0.2) is 51.1 Å². The third-order valence-electron chi connectivity index (χ3n) is 6.31. The van der Waals surface area contributed by atoms with Gasteiger partial charge in [0, 0.05) is 50.8 Å². The van der Waals surface area contributed by atoms with Crippen molar-refractivity contribution in [3.8, 4) is 5.75 Å². The molecule has 192 valence electrons. The Hall–Kier alpha value is -4.26. The topological polar surface area (TPSA) is 73.3 Å². The average molecular weight is 500 g/mol. The molecule has 0 saturated carbocycles. The molecule has 0 aliphatic carbocycles. The lowest BCUT2D eigenvalue weighted by atomic mass is 9.95. The molecule has 1 N–H and O–H groups in total. The van der Waals surface area contributed by atoms with Crippen molar-refractivity contribution in [1.82, 2.24) is 0 Å². The lowest BCUT2D eigenvalue weighted by Crippen LogP contribution is -2.29. The van der Waals surface area contributed by atoms with Crippen LogP contribution in [0.4, 0.5) is 17.1 Å². The quantitative estimate of drug-likeness (QED) is 0.273. The Bertz CT molecular complexity index is 1310. The Morgan fingerprint density at radius 3 is 1.81 bits per heavy atom. The second-order valence-corrected chi connectivity index (χ2v) is 9.76. The van der Waals surface area contributed by atoms with Gasteiger partial charge in [0.1, 0.15) is 11.5 Å². The summed E-state index contributed by atoms with van der Waals surface area (Å²) in [6.45, 7) is 3.87. The van der Waals surface area contributed by atoms with Crippen LogP contribution in [-0.2, 0) is 9.59 Å². The first-order valence-corrected chi connectivity index (χ1v) is 12.2. The van der Waals surface area contributed by atoms with Crippen molar-refractivity contribution >= 4 is 34.5 Å². The fraction of sp³-hybridized carbons (Fsp3) is 0.267. The summed E-state index contributed by atoms with van der Waals surface area (Å²) in [7, 11) is 7.76. The Kier molecular flexibility index (Phi) is 7.25. The zero-order valence-electron chi connectivity index (χ0n) is 22.1. The lowest BCUT2D eigenvalue weighted by Gasteiger charge is -2.26. The zero-order chi connectivity index (χ0) is 26.9. The SMILES string of the molecule is CC(C)Oc1ccc(/C(O)=C2/C(=O)C(=O)N(c3ccc(N(C)C)cc3)C2c2ccc(N(C)C)cc2)cc1. The highest BCUT2D eigenvalue weighted by molar-refractivity contribution is 6.51. The van der Waals surface area contributed by atoms with E-state index in [9.17, 15) is 14.7 Å². The Labute approximate surface area is 218 Å². The molecule has 1 fully saturated rings. The van der Waals surface area contributed by atoms with Gasteiger partial charge in [-0.1, -0.05) is 12.1 Å². The molecule has 4 rings (SSSR count). The number of nitrogens with zero attached hydrogens (tertiary/aromatic N) is 3. The number of anilines is 3. The first kappa shape index (κ1) is 25.8. The molecule has 7 nitrogen and oxygen atoms in total. The van der Waals surface area contributed by atoms with Gasteiger partial charge in [-0.2, -0.15) is 0 Å². The number of carbonyl (C=O) groups is 2. The maximum absolute atomic E-state index is 13.4. The van der Waals surface area contributed by atoms with Gasteiger partial charge in [0.25, 0.3) is 11.7 Å². The molecule has 1 aliphatic heterocycles. The van der Waals surface area contributed by atoms with Gasteiger partial charge in [-0.15, -0.1) is 0 Å². The van der Waals surface area contributed by atoms with Crippen molar-refractivity contribution in [2.24, 2.45) is 0 Å². The fourth-order valence-electron chi connectivity index (χ4n) is 4.40. The number of carbonyl (C=O) groups excluding carboxylic acids is 2. The van der Waals surface area contributed by atoms with Crippen molar-refractivity contribution in [3.05, 3.63) is 89.5 Å². The first-order chi connectivity index (χ1) is 17.6. The fourth-order valence-corrected chi connectivity index (χ4v) is 4.40. The van der Waals surface area contributed by atoms with Gasteiger partial charge < -0.3 is 19.6 Å². The van der Waals surface area contributed by atoms with Crippen molar-refractivity contribution < 1.29 is 19.4 Å². The van der Waals surface area contributed by atoms with Gasteiger partial charge in [-0.05, 0) is 80.1 Å². The minimum absolute atomic E-state index is 0.00814. The van der Waals surface area contributed by atoms with Gasteiger partial charge in [-0.3, -0.25) is 14.5 Å². The number of ether oxygens (including phenoxy) is 1. The summed E-state index contributed by atoms with van der Waals surface area (Å²) in [5.74, 6) is -0.966. The third kappa shape index (κ3) is 5.16. The molecule has 1 unspecified atom stereocenters. The molecule has 1 aliphatic rings. The normalized spacial score (nSPS) is 16.8. The monoisotopic (exact) mass is 499 g/mol. The van der Waals surface area contributed by atoms with Crippen LogP contribution in [0.1, 0.15) is 31.0 Å². The van der Waals surface area contributed by atoms with Crippen LogP contribution in [0.15, 0.2) is 78.4 Å². The van der Waals surface area contributed by atoms with Crippen LogP contribution in [0.25, 0.3) is 5.76 Å². The molecule has 0 radical (unpaired) electrons. The maximum Gasteiger partial charge on any atom is 0.300 e. The Morgan fingerprint density at radius 2 is 1.32 bits per heavy atom. The molecular weight excluding hydrogens is 466 g/mol. The number of aliphatic hydroxyl groups is 1. The molecule has 1 atom stereocenters. The van der Waals surface area contributed by atoms with E-state index in [0.717, 1.165) is 16.9 Å². The molecule has 0 bridgehead atoms. The molecule has 3 aromatic carbocycles. The predicted molar refractivity (Wildman–Crippen MR) is 149 cm³/mol. The van der Waals surface area contributed by atoms with Crippen molar-refractivity contribution in [2.75, 3.05) is 42.9 Å². The summed E-state index contributed by atoms with van der Waals surface area (Å²) in [4.78, 5) is 32.2. The molecule has 1 saturated heterocycles. The second kappa shape index (κ2) is 10.4. The van der Waals surface area contributed by atoms with Gasteiger partial charge in [0.05, 0.1) is 17.7 Å². The van der Waals surface area contributed by atoms with E-state index in [4.69, 9.17) is 4.74 Å². The smallest absolute Gasteiger partial charge is 0.300 e. The average Bonchev–Trinajstić information content (AvgIpc) is 3.14. The second-order valence-electron chi connectivity index (χ2n) is 9.76. The van der Waals surface area contributed by atoms with E-state index < -0.39 is 17.7 Å². The van der Waals surface area contributed by atoms with E-state index >= 15 is 0 Å². The molecular formula is C30H33N3O4. The largest absolute Gasteiger partial charge is 0.507 e. The number of benzene rings is 3. The van der Waals surface area contributed by atoms with E-state index in [-0.39, 0.29) is 17.4 Å². The lowest BCUT2D eigenvalue weighted by molar-refractivity contribution is -0.132. The maximum atomic E-state index is 13.4. The predicted octanol–water partition coefficient (Wildman–Crippen LogP) is 5.23. The standard InChI is InChI=1S/C30H33N3O4/c1-19(2)37-25-17-9-21(10-18-25)28(34)26-27(20-7-11-22(12-8-20)31(3)4)33(30(36)29(26)35)24-15-13-23(14-16-24)32(5)6/h7-19,27,34H,1-6H3/b28-26-. The molecule has 7 heteroatoms. The summed E-state index contributed by atoms with van der Waals surface area (Å²) in [5, 5.41) is 11.4. The number of rotatable bonds is 7. The van der Waals surface area contributed by atoms with Crippen molar-refractivity contribution in [3.63, 3.8) is 0 Å².